The van der Waals surface area contributed by atoms with E-state index in [9.17, 15) is 4.79 Å². The van der Waals surface area contributed by atoms with E-state index in [0.29, 0.717) is 12.1 Å². The van der Waals surface area contributed by atoms with Crippen molar-refractivity contribution in [2.45, 2.75) is 11.4 Å². The largest absolute Gasteiger partial charge is 0.348 e. The summed E-state index contributed by atoms with van der Waals surface area (Å²) in [6, 6.07) is 15.0. The van der Waals surface area contributed by atoms with Gasteiger partial charge in [-0.1, -0.05) is 28.1 Å². The molecule has 0 bridgehead atoms. The molecule has 0 saturated heterocycles. The van der Waals surface area contributed by atoms with Crippen LogP contribution in [0.25, 0.3) is 0 Å². The Morgan fingerprint density at radius 1 is 1.06 bits per heavy atom. The van der Waals surface area contributed by atoms with Crippen molar-refractivity contribution in [1.82, 2.24) is 5.32 Å². The molecular formula is C14H12BrNOS. The first-order valence-electron chi connectivity index (χ1n) is 5.47. The second-order valence-corrected chi connectivity index (χ2v) is 5.29. The number of hydrogen-bond donors (Lipinski definition) is 2. The first-order chi connectivity index (χ1) is 8.65. The molecule has 0 fully saturated rings. The van der Waals surface area contributed by atoms with E-state index in [-0.39, 0.29) is 5.91 Å². The average molecular weight is 322 g/mol. The zero-order valence-corrected chi connectivity index (χ0v) is 12.0. The van der Waals surface area contributed by atoms with E-state index < -0.39 is 0 Å². The molecule has 0 aliphatic rings. The molecule has 0 saturated carbocycles. The highest BCUT2D eigenvalue weighted by Crippen LogP contribution is 2.11. The molecule has 1 amide bonds. The molecule has 0 aliphatic heterocycles. The number of amides is 1. The monoisotopic (exact) mass is 321 g/mol. The van der Waals surface area contributed by atoms with Crippen LogP contribution in [0, 0.1) is 0 Å². The smallest absolute Gasteiger partial charge is 0.251 e. The highest BCUT2D eigenvalue weighted by atomic mass is 79.9. The third kappa shape index (κ3) is 3.62. The molecule has 2 aromatic carbocycles. The van der Waals surface area contributed by atoms with E-state index in [1.807, 2.05) is 24.3 Å². The minimum absolute atomic E-state index is 0.0775. The lowest BCUT2D eigenvalue weighted by Crippen LogP contribution is -2.22. The Morgan fingerprint density at radius 2 is 1.67 bits per heavy atom. The third-order valence-electron chi connectivity index (χ3n) is 2.50. The molecule has 1 N–H and O–H groups in total. The van der Waals surface area contributed by atoms with E-state index in [4.69, 9.17) is 0 Å². The zero-order valence-electron chi connectivity index (χ0n) is 9.56. The summed E-state index contributed by atoms with van der Waals surface area (Å²) in [5.41, 5.74) is 1.71. The predicted octanol–water partition coefficient (Wildman–Crippen LogP) is 3.67. The van der Waals surface area contributed by atoms with Crippen molar-refractivity contribution in [3.63, 3.8) is 0 Å². The van der Waals surface area contributed by atoms with Crippen LogP contribution in [0.5, 0.6) is 0 Å². The van der Waals surface area contributed by atoms with Gasteiger partial charge in [-0.25, -0.2) is 0 Å². The fourth-order valence-corrected chi connectivity index (χ4v) is 1.91. The van der Waals surface area contributed by atoms with Gasteiger partial charge in [-0.3, -0.25) is 4.79 Å². The SMILES string of the molecule is O=C(NCc1ccc(Br)cc1)c1ccc(S)cc1. The minimum atomic E-state index is -0.0775. The molecule has 0 unspecified atom stereocenters. The van der Waals surface area contributed by atoms with E-state index in [0.717, 1.165) is 14.9 Å². The lowest BCUT2D eigenvalue weighted by atomic mass is 10.2. The lowest BCUT2D eigenvalue weighted by Gasteiger charge is -2.05. The molecule has 0 aliphatic carbocycles. The third-order valence-corrected chi connectivity index (χ3v) is 3.32. The van der Waals surface area contributed by atoms with E-state index in [1.165, 1.54) is 0 Å². The van der Waals surface area contributed by atoms with Gasteiger partial charge in [0.25, 0.3) is 5.91 Å². The minimum Gasteiger partial charge on any atom is -0.348 e. The van der Waals surface area contributed by atoms with Crippen molar-refractivity contribution >= 4 is 34.5 Å². The van der Waals surface area contributed by atoms with Gasteiger partial charge in [-0.2, -0.15) is 0 Å². The lowest BCUT2D eigenvalue weighted by molar-refractivity contribution is 0.0951. The summed E-state index contributed by atoms with van der Waals surface area (Å²) in [4.78, 5) is 12.7. The number of hydrogen-bond acceptors (Lipinski definition) is 2. The van der Waals surface area contributed by atoms with Crippen LogP contribution < -0.4 is 5.32 Å². The summed E-state index contributed by atoms with van der Waals surface area (Å²) >= 11 is 7.56. The fourth-order valence-electron chi connectivity index (χ4n) is 1.50. The van der Waals surface area contributed by atoms with Crippen LogP contribution in [0.4, 0.5) is 0 Å². The molecule has 0 aromatic heterocycles. The van der Waals surface area contributed by atoms with Crippen molar-refractivity contribution in [1.29, 1.82) is 0 Å². The normalized spacial score (nSPS) is 10.1. The number of rotatable bonds is 3. The van der Waals surface area contributed by atoms with Gasteiger partial charge in [0.15, 0.2) is 0 Å². The highest BCUT2D eigenvalue weighted by molar-refractivity contribution is 9.10. The molecular weight excluding hydrogens is 310 g/mol. The van der Waals surface area contributed by atoms with Crippen molar-refractivity contribution in [3.05, 3.63) is 64.1 Å². The molecule has 0 spiro atoms. The molecule has 0 heterocycles. The van der Waals surface area contributed by atoms with Gasteiger partial charge in [0.2, 0.25) is 0 Å². The van der Waals surface area contributed by atoms with Crippen LogP contribution in [0.2, 0.25) is 0 Å². The van der Waals surface area contributed by atoms with E-state index in [1.54, 1.807) is 24.3 Å². The number of carbonyl (C=O) groups is 1. The van der Waals surface area contributed by atoms with Gasteiger partial charge in [0.1, 0.15) is 0 Å². The van der Waals surface area contributed by atoms with Gasteiger partial charge in [-0.05, 0) is 42.0 Å². The summed E-state index contributed by atoms with van der Waals surface area (Å²) in [7, 11) is 0. The Balaban J connectivity index is 1.96. The first kappa shape index (κ1) is 13.2. The fraction of sp³-hybridized carbons (Fsp3) is 0.0714. The number of benzene rings is 2. The molecule has 92 valence electrons. The molecule has 18 heavy (non-hydrogen) atoms. The Hall–Kier alpha value is -1.26. The van der Waals surface area contributed by atoms with Crippen LogP contribution in [0.15, 0.2) is 57.9 Å². The summed E-state index contributed by atoms with van der Waals surface area (Å²) in [5.74, 6) is -0.0775. The summed E-state index contributed by atoms with van der Waals surface area (Å²) < 4.78 is 1.03. The highest BCUT2D eigenvalue weighted by Gasteiger charge is 2.04. The zero-order chi connectivity index (χ0) is 13.0. The molecule has 2 aromatic rings. The van der Waals surface area contributed by atoms with Crippen molar-refractivity contribution in [3.8, 4) is 0 Å². The molecule has 0 atom stereocenters. The van der Waals surface area contributed by atoms with Gasteiger partial charge in [0, 0.05) is 21.5 Å². The first-order valence-corrected chi connectivity index (χ1v) is 6.71. The van der Waals surface area contributed by atoms with Crippen molar-refractivity contribution < 1.29 is 4.79 Å². The van der Waals surface area contributed by atoms with Crippen LogP contribution in [-0.4, -0.2) is 5.91 Å². The maximum absolute atomic E-state index is 11.9. The summed E-state index contributed by atoms with van der Waals surface area (Å²) in [5, 5.41) is 2.87. The van der Waals surface area contributed by atoms with Gasteiger partial charge in [0.05, 0.1) is 0 Å². The van der Waals surface area contributed by atoms with Crippen LogP contribution in [0.1, 0.15) is 15.9 Å². The quantitative estimate of drug-likeness (QED) is 0.830. The topological polar surface area (TPSA) is 29.1 Å². The molecule has 4 heteroatoms. The van der Waals surface area contributed by atoms with Gasteiger partial charge >= 0.3 is 0 Å². The van der Waals surface area contributed by atoms with Crippen molar-refractivity contribution in [2.24, 2.45) is 0 Å². The molecule has 2 nitrogen and oxygen atoms in total. The standard InChI is InChI=1S/C14H12BrNOS/c15-12-5-1-10(2-6-12)9-16-14(17)11-3-7-13(18)8-4-11/h1-8,18H,9H2,(H,16,17). The maximum Gasteiger partial charge on any atom is 0.251 e. The Bertz CT molecular complexity index is 537. The van der Waals surface area contributed by atoms with Crippen molar-refractivity contribution in [2.75, 3.05) is 0 Å². The van der Waals surface area contributed by atoms with Crippen LogP contribution >= 0.6 is 28.6 Å². The molecule has 2 rings (SSSR count). The van der Waals surface area contributed by atoms with E-state index >= 15 is 0 Å². The van der Waals surface area contributed by atoms with Gasteiger partial charge < -0.3 is 5.32 Å². The predicted molar refractivity (Wildman–Crippen MR) is 79.0 cm³/mol. The van der Waals surface area contributed by atoms with Gasteiger partial charge in [-0.15, -0.1) is 12.6 Å². The van der Waals surface area contributed by atoms with E-state index in [2.05, 4.69) is 33.9 Å². The maximum atomic E-state index is 11.9. The average Bonchev–Trinajstić information content (AvgIpc) is 2.38. The summed E-state index contributed by atoms with van der Waals surface area (Å²) in [6.45, 7) is 0.523. The Morgan fingerprint density at radius 3 is 2.28 bits per heavy atom. The molecule has 0 radical (unpaired) electrons. The second-order valence-electron chi connectivity index (χ2n) is 3.86. The number of thiol groups is 1. The Labute approximate surface area is 120 Å². The van der Waals surface area contributed by atoms with Crippen LogP contribution in [0.3, 0.4) is 0 Å². The number of carbonyl (C=O) groups excluding carboxylic acids is 1. The second kappa shape index (κ2) is 6.07. The number of nitrogens with one attached hydrogen (secondary N) is 1. The number of halogens is 1. The van der Waals surface area contributed by atoms with Crippen LogP contribution in [-0.2, 0) is 6.54 Å². The summed E-state index contributed by atoms with van der Waals surface area (Å²) in [6.07, 6.45) is 0. The Kier molecular flexibility index (Phi) is 4.44.